The highest BCUT2D eigenvalue weighted by Crippen LogP contribution is 2.24. The Kier molecular flexibility index (Phi) is 5.11. The molecule has 0 saturated carbocycles. The highest BCUT2D eigenvalue weighted by Gasteiger charge is 2.30. The van der Waals surface area contributed by atoms with Gasteiger partial charge in [-0.15, -0.1) is 5.10 Å². The van der Waals surface area contributed by atoms with Gasteiger partial charge < -0.3 is 5.32 Å². The lowest BCUT2D eigenvalue weighted by molar-refractivity contribution is -0.118. The number of hydrogen-bond acceptors (Lipinski definition) is 4. The SMILES string of the molecule is Cc1ccc(CC2S/C(=N\N=C\c3ccccc3)NC2=O)cc1C. The van der Waals surface area contributed by atoms with Gasteiger partial charge in [0.05, 0.1) is 11.5 Å². The molecule has 0 radical (unpaired) electrons. The first kappa shape index (κ1) is 16.5. The Morgan fingerprint density at radius 2 is 1.92 bits per heavy atom. The molecule has 1 N–H and O–H groups in total. The molecule has 1 fully saturated rings. The van der Waals surface area contributed by atoms with Crippen LogP contribution in [-0.2, 0) is 11.2 Å². The molecular weight excluding hydrogens is 318 g/mol. The molecule has 1 aliphatic heterocycles. The summed E-state index contributed by atoms with van der Waals surface area (Å²) in [6.45, 7) is 4.18. The van der Waals surface area contributed by atoms with E-state index >= 15 is 0 Å². The van der Waals surface area contributed by atoms with Crippen LogP contribution in [0.4, 0.5) is 0 Å². The van der Waals surface area contributed by atoms with Crippen LogP contribution in [0.3, 0.4) is 0 Å². The van der Waals surface area contributed by atoms with E-state index in [1.54, 1.807) is 6.21 Å². The van der Waals surface area contributed by atoms with E-state index in [1.165, 1.54) is 28.5 Å². The first-order valence-electron chi connectivity index (χ1n) is 7.81. The van der Waals surface area contributed by atoms with Gasteiger partial charge in [0.15, 0.2) is 5.17 Å². The van der Waals surface area contributed by atoms with Crippen molar-refractivity contribution in [1.82, 2.24) is 5.32 Å². The summed E-state index contributed by atoms with van der Waals surface area (Å²) in [6.07, 6.45) is 2.37. The molecule has 1 unspecified atom stereocenters. The van der Waals surface area contributed by atoms with Crippen molar-refractivity contribution in [3.05, 3.63) is 70.8 Å². The molecule has 3 rings (SSSR count). The topological polar surface area (TPSA) is 53.8 Å². The summed E-state index contributed by atoms with van der Waals surface area (Å²) in [7, 11) is 0. The van der Waals surface area contributed by atoms with Crippen molar-refractivity contribution in [3.63, 3.8) is 0 Å². The second-order valence-corrected chi connectivity index (χ2v) is 6.97. The molecule has 122 valence electrons. The number of carbonyl (C=O) groups excluding carboxylic acids is 1. The van der Waals surface area contributed by atoms with Crippen LogP contribution < -0.4 is 5.32 Å². The monoisotopic (exact) mass is 337 g/mol. The number of amidine groups is 1. The quantitative estimate of drug-likeness (QED) is 0.686. The van der Waals surface area contributed by atoms with Crippen molar-refractivity contribution in [2.45, 2.75) is 25.5 Å². The smallest absolute Gasteiger partial charge is 0.239 e. The Balaban J connectivity index is 1.63. The number of nitrogens with zero attached hydrogens (tertiary/aromatic N) is 2. The lowest BCUT2D eigenvalue weighted by Crippen LogP contribution is -2.25. The van der Waals surface area contributed by atoms with Crippen LogP contribution in [0, 0.1) is 13.8 Å². The fraction of sp³-hybridized carbons (Fsp3) is 0.211. The van der Waals surface area contributed by atoms with Crippen molar-refractivity contribution in [1.29, 1.82) is 0 Å². The zero-order chi connectivity index (χ0) is 16.9. The van der Waals surface area contributed by atoms with Crippen LogP contribution in [0.1, 0.15) is 22.3 Å². The lowest BCUT2D eigenvalue weighted by atomic mass is 10.0. The Bertz CT molecular complexity index is 800. The maximum atomic E-state index is 12.1. The van der Waals surface area contributed by atoms with Gasteiger partial charge in [0.2, 0.25) is 5.91 Å². The number of thioether (sulfide) groups is 1. The Labute approximate surface area is 146 Å². The Morgan fingerprint density at radius 1 is 1.12 bits per heavy atom. The molecule has 5 heteroatoms. The summed E-state index contributed by atoms with van der Waals surface area (Å²) in [5, 5.41) is 11.4. The number of benzene rings is 2. The fourth-order valence-corrected chi connectivity index (χ4v) is 3.38. The second-order valence-electron chi connectivity index (χ2n) is 5.78. The van der Waals surface area contributed by atoms with E-state index < -0.39 is 0 Å². The maximum Gasteiger partial charge on any atom is 0.239 e. The van der Waals surface area contributed by atoms with Gasteiger partial charge in [-0.05, 0) is 42.5 Å². The fourth-order valence-electron chi connectivity index (χ4n) is 2.42. The first-order chi connectivity index (χ1) is 11.6. The summed E-state index contributed by atoms with van der Waals surface area (Å²) in [5.74, 6) is -0.00751. The highest BCUT2D eigenvalue weighted by molar-refractivity contribution is 8.15. The summed E-state index contributed by atoms with van der Waals surface area (Å²) < 4.78 is 0. The van der Waals surface area contributed by atoms with Crippen LogP contribution in [-0.4, -0.2) is 22.5 Å². The summed E-state index contributed by atoms with van der Waals surface area (Å²) in [6, 6.07) is 16.1. The molecular formula is C19H19N3OS. The molecule has 2 aromatic carbocycles. The van der Waals surface area contributed by atoms with Crippen molar-refractivity contribution >= 4 is 29.1 Å². The van der Waals surface area contributed by atoms with Crippen LogP contribution in [0.15, 0.2) is 58.7 Å². The molecule has 0 aliphatic carbocycles. The minimum Gasteiger partial charge on any atom is -0.303 e. The normalized spacial score (nSPS) is 19.2. The number of aryl methyl sites for hydroxylation is 2. The third-order valence-electron chi connectivity index (χ3n) is 3.92. The number of hydrogen-bond donors (Lipinski definition) is 1. The number of carbonyl (C=O) groups is 1. The van der Waals surface area contributed by atoms with Crippen molar-refractivity contribution in [3.8, 4) is 0 Å². The van der Waals surface area contributed by atoms with Gasteiger partial charge in [-0.2, -0.15) is 5.10 Å². The number of nitrogens with one attached hydrogen (secondary N) is 1. The molecule has 1 heterocycles. The summed E-state index contributed by atoms with van der Waals surface area (Å²) >= 11 is 1.43. The highest BCUT2D eigenvalue weighted by atomic mass is 32.2. The average molecular weight is 337 g/mol. The molecule has 2 aromatic rings. The summed E-state index contributed by atoms with van der Waals surface area (Å²) in [5.41, 5.74) is 4.65. The van der Waals surface area contributed by atoms with E-state index in [2.05, 4.69) is 47.6 Å². The number of rotatable bonds is 4. The molecule has 1 saturated heterocycles. The van der Waals surface area contributed by atoms with Gasteiger partial charge in [-0.25, -0.2) is 0 Å². The molecule has 1 atom stereocenters. The van der Waals surface area contributed by atoms with E-state index in [-0.39, 0.29) is 11.2 Å². The van der Waals surface area contributed by atoms with Gasteiger partial charge in [0.1, 0.15) is 0 Å². The van der Waals surface area contributed by atoms with Crippen LogP contribution in [0.25, 0.3) is 0 Å². The minimum absolute atomic E-state index is 0.00751. The Hall–Kier alpha value is -2.40. The predicted octanol–water partition coefficient (Wildman–Crippen LogP) is 3.47. The molecule has 0 spiro atoms. The molecule has 0 aromatic heterocycles. The molecule has 4 nitrogen and oxygen atoms in total. The van der Waals surface area contributed by atoms with Gasteiger partial charge in [0.25, 0.3) is 0 Å². The van der Waals surface area contributed by atoms with Crippen molar-refractivity contribution in [2.24, 2.45) is 10.2 Å². The zero-order valence-corrected chi connectivity index (χ0v) is 14.5. The Morgan fingerprint density at radius 3 is 2.67 bits per heavy atom. The first-order valence-corrected chi connectivity index (χ1v) is 8.69. The van der Waals surface area contributed by atoms with E-state index in [0.717, 1.165) is 5.56 Å². The third-order valence-corrected chi connectivity index (χ3v) is 5.00. The van der Waals surface area contributed by atoms with Crippen molar-refractivity contribution < 1.29 is 4.79 Å². The molecule has 1 amide bonds. The van der Waals surface area contributed by atoms with Gasteiger partial charge in [-0.1, -0.05) is 60.3 Å². The average Bonchev–Trinajstić information content (AvgIpc) is 2.92. The molecule has 0 bridgehead atoms. The zero-order valence-electron chi connectivity index (χ0n) is 13.7. The third kappa shape index (κ3) is 4.11. The standard InChI is InChI=1S/C19H19N3OS/c1-13-8-9-16(10-14(13)2)11-17-18(23)21-19(24-17)22-20-12-15-6-4-3-5-7-15/h3-10,12,17H,11H2,1-2H3,(H,21,22,23)/b20-12+. The predicted molar refractivity (Wildman–Crippen MR) is 101 cm³/mol. The van der Waals surface area contributed by atoms with Crippen molar-refractivity contribution in [2.75, 3.05) is 0 Å². The maximum absolute atomic E-state index is 12.1. The second kappa shape index (κ2) is 7.45. The van der Waals surface area contributed by atoms with E-state index in [9.17, 15) is 4.79 Å². The van der Waals surface area contributed by atoms with Crippen LogP contribution in [0.5, 0.6) is 0 Å². The number of amides is 1. The van der Waals surface area contributed by atoms with Crippen LogP contribution >= 0.6 is 11.8 Å². The van der Waals surface area contributed by atoms with E-state index in [1.807, 2.05) is 30.3 Å². The largest absolute Gasteiger partial charge is 0.303 e. The van der Waals surface area contributed by atoms with Gasteiger partial charge >= 0.3 is 0 Å². The van der Waals surface area contributed by atoms with E-state index in [0.29, 0.717) is 11.6 Å². The molecule has 24 heavy (non-hydrogen) atoms. The minimum atomic E-state index is -0.155. The van der Waals surface area contributed by atoms with Crippen LogP contribution in [0.2, 0.25) is 0 Å². The molecule has 1 aliphatic rings. The van der Waals surface area contributed by atoms with Gasteiger partial charge in [-0.3, -0.25) is 4.79 Å². The lowest BCUT2D eigenvalue weighted by Gasteiger charge is -2.07. The summed E-state index contributed by atoms with van der Waals surface area (Å²) in [4.78, 5) is 12.1. The van der Waals surface area contributed by atoms with E-state index in [4.69, 9.17) is 0 Å². The van der Waals surface area contributed by atoms with Gasteiger partial charge in [0, 0.05) is 0 Å².